The number of benzene rings is 1. The Morgan fingerprint density at radius 1 is 1.35 bits per heavy atom. The molecule has 0 nitrogen and oxygen atoms in total. The first-order valence-corrected chi connectivity index (χ1v) is 7.93. The normalized spacial score (nSPS) is 26.6. The highest BCUT2D eigenvalue weighted by Gasteiger charge is 2.43. The molecule has 1 saturated carbocycles. The van der Waals surface area contributed by atoms with E-state index in [1.165, 1.54) is 36.1 Å². The predicted octanol–water partition coefficient (Wildman–Crippen LogP) is 4.75. The minimum Gasteiger partial charge on any atom is -0.126 e. The van der Waals surface area contributed by atoms with E-state index in [9.17, 15) is 0 Å². The number of halogens is 1. The number of alkyl halides is 1. The van der Waals surface area contributed by atoms with Gasteiger partial charge in [-0.1, -0.05) is 25.1 Å². The van der Waals surface area contributed by atoms with Gasteiger partial charge in [-0.15, -0.1) is 23.4 Å². The summed E-state index contributed by atoms with van der Waals surface area (Å²) in [5.74, 6) is 1.72. The van der Waals surface area contributed by atoms with Crippen LogP contribution in [-0.4, -0.2) is 11.1 Å². The SMILES string of the molecule is CC(CCl)(CC1Cc2ccccc2S1)C1CC1. The fourth-order valence-electron chi connectivity index (χ4n) is 3.00. The molecule has 0 N–H and O–H groups in total. The van der Waals surface area contributed by atoms with Gasteiger partial charge in [0.1, 0.15) is 0 Å². The van der Waals surface area contributed by atoms with Crippen molar-refractivity contribution in [2.24, 2.45) is 11.3 Å². The molecule has 92 valence electrons. The molecule has 1 aliphatic heterocycles. The third kappa shape index (κ3) is 2.37. The molecule has 0 aromatic heterocycles. The molecule has 2 aliphatic rings. The van der Waals surface area contributed by atoms with Gasteiger partial charge in [0, 0.05) is 16.0 Å². The first-order valence-electron chi connectivity index (χ1n) is 6.52. The Kier molecular flexibility index (Phi) is 3.16. The average molecular weight is 267 g/mol. The summed E-state index contributed by atoms with van der Waals surface area (Å²) < 4.78 is 0. The van der Waals surface area contributed by atoms with Crippen molar-refractivity contribution in [3.8, 4) is 0 Å². The van der Waals surface area contributed by atoms with Gasteiger partial charge in [0.25, 0.3) is 0 Å². The van der Waals surface area contributed by atoms with E-state index < -0.39 is 0 Å². The molecule has 0 bridgehead atoms. The number of thioether (sulfide) groups is 1. The van der Waals surface area contributed by atoms with E-state index >= 15 is 0 Å². The van der Waals surface area contributed by atoms with Crippen LogP contribution >= 0.6 is 23.4 Å². The maximum Gasteiger partial charge on any atom is 0.0280 e. The Morgan fingerprint density at radius 2 is 2.12 bits per heavy atom. The second kappa shape index (κ2) is 4.51. The molecule has 3 rings (SSSR count). The molecule has 1 aromatic rings. The summed E-state index contributed by atoms with van der Waals surface area (Å²) in [7, 11) is 0. The summed E-state index contributed by atoms with van der Waals surface area (Å²) >= 11 is 8.29. The summed E-state index contributed by atoms with van der Waals surface area (Å²) in [6, 6.07) is 8.84. The van der Waals surface area contributed by atoms with E-state index in [2.05, 4.69) is 43.0 Å². The zero-order valence-electron chi connectivity index (χ0n) is 10.3. The maximum atomic E-state index is 6.22. The van der Waals surface area contributed by atoms with Gasteiger partial charge in [-0.3, -0.25) is 0 Å². The number of rotatable bonds is 4. The lowest BCUT2D eigenvalue weighted by atomic mass is 9.81. The largest absolute Gasteiger partial charge is 0.126 e. The molecule has 2 atom stereocenters. The van der Waals surface area contributed by atoms with Crippen LogP contribution in [0, 0.1) is 11.3 Å². The van der Waals surface area contributed by atoms with E-state index in [1.807, 2.05) is 0 Å². The lowest BCUT2D eigenvalue weighted by molar-refractivity contribution is 0.287. The van der Waals surface area contributed by atoms with Crippen LogP contribution in [-0.2, 0) is 6.42 Å². The lowest BCUT2D eigenvalue weighted by Gasteiger charge is -2.29. The zero-order chi connectivity index (χ0) is 11.9. The summed E-state index contributed by atoms with van der Waals surface area (Å²) in [6.07, 6.45) is 5.31. The van der Waals surface area contributed by atoms with Crippen molar-refractivity contribution >= 4 is 23.4 Å². The lowest BCUT2D eigenvalue weighted by Crippen LogP contribution is -2.26. The van der Waals surface area contributed by atoms with E-state index in [-0.39, 0.29) is 0 Å². The minimum absolute atomic E-state index is 0.376. The van der Waals surface area contributed by atoms with Crippen LogP contribution < -0.4 is 0 Å². The van der Waals surface area contributed by atoms with Crippen molar-refractivity contribution in [2.75, 3.05) is 5.88 Å². The highest BCUT2D eigenvalue weighted by Crippen LogP contribution is 2.52. The minimum atomic E-state index is 0.376. The van der Waals surface area contributed by atoms with Gasteiger partial charge < -0.3 is 0 Å². The topological polar surface area (TPSA) is 0 Å². The fraction of sp³-hybridized carbons (Fsp3) is 0.600. The first kappa shape index (κ1) is 11.9. The van der Waals surface area contributed by atoms with E-state index in [1.54, 1.807) is 0 Å². The molecule has 0 radical (unpaired) electrons. The van der Waals surface area contributed by atoms with Crippen LogP contribution in [0.1, 0.15) is 31.7 Å². The average Bonchev–Trinajstić information content (AvgIpc) is 3.11. The van der Waals surface area contributed by atoms with Crippen molar-refractivity contribution in [3.63, 3.8) is 0 Å². The Morgan fingerprint density at radius 3 is 2.76 bits per heavy atom. The predicted molar refractivity (Wildman–Crippen MR) is 76.0 cm³/mol. The molecule has 0 amide bonds. The Bertz CT molecular complexity index is 388. The summed E-state index contributed by atoms with van der Waals surface area (Å²) in [5.41, 5.74) is 1.91. The highest BCUT2D eigenvalue weighted by molar-refractivity contribution is 8.00. The van der Waals surface area contributed by atoms with E-state index in [0.717, 1.165) is 17.0 Å². The van der Waals surface area contributed by atoms with Crippen LogP contribution in [0.4, 0.5) is 0 Å². The van der Waals surface area contributed by atoms with Crippen LogP contribution in [0.15, 0.2) is 29.2 Å². The Hall–Kier alpha value is -0.140. The van der Waals surface area contributed by atoms with Gasteiger partial charge in [-0.25, -0.2) is 0 Å². The molecule has 1 aromatic carbocycles. The quantitative estimate of drug-likeness (QED) is 0.709. The van der Waals surface area contributed by atoms with Crippen molar-refractivity contribution in [3.05, 3.63) is 29.8 Å². The van der Waals surface area contributed by atoms with Gasteiger partial charge in [0.15, 0.2) is 0 Å². The molecule has 0 spiro atoms. The monoisotopic (exact) mass is 266 g/mol. The number of hydrogen-bond acceptors (Lipinski definition) is 1. The third-order valence-corrected chi connectivity index (χ3v) is 6.21. The molecule has 0 saturated heterocycles. The Labute approximate surface area is 113 Å². The highest BCUT2D eigenvalue weighted by atomic mass is 35.5. The van der Waals surface area contributed by atoms with E-state index in [0.29, 0.717) is 5.41 Å². The summed E-state index contributed by atoms with van der Waals surface area (Å²) in [6.45, 7) is 2.39. The van der Waals surface area contributed by atoms with Crippen LogP contribution in [0.5, 0.6) is 0 Å². The van der Waals surface area contributed by atoms with Gasteiger partial charge in [0.2, 0.25) is 0 Å². The van der Waals surface area contributed by atoms with Gasteiger partial charge >= 0.3 is 0 Å². The van der Waals surface area contributed by atoms with Crippen molar-refractivity contribution in [1.82, 2.24) is 0 Å². The fourth-order valence-corrected chi connectivity index (χ4v) is 4.87. The van der Waals surface area contributed by atoms with Crippen LogP contribution in [0.2, 0.25) is 0 Å². The molecule has 1 fully saturated rings. The maximum absolute atomic E-state index is 6.22. The van der Waals surface area contributed by atoms with Crippen molar-refractivity contribution < 1.29 is 0 Å². The molecule has 2 heteroatoms. The first-order chi connectivity index (χ1) is 8.21. The molecular formula is C15H19ClS. The summed E-state index contributed by atoms with van der Waals surface area (Å²) in [4.78, 5) is 1.49. The molecule has 1 aliphatic carbocycles. The van der Waals surface area contributed by atoms with Gasteiger partial charge in [0.05, 0.1) is 0 Å². The van der Waals surface area contributed by atoms with Crippen LogP contribution in [0.25, 0.3) is 0 Å². The molecular weight excluding hydrogens is 248 g/mol. The number of hydrogen-bond donors (Lipinski definition) is 0. The second-order valence-electron chi connectivity index (χ2n) is 5.82. The van der Waals surface area contributed by atoms with Gasteiger partial charge in [-0.2, -0.15) is 0 Å². The standard InChI is InChI=1S/C15H19ClS/c1-15(10-16,12-6-7-12)9-13-8-11-4-2-3-5-14(11)17-13/h2-5,12-13H,6-10H2,1H3. The summed E-state index contributed by atoms with van der Waals surface area (Å²) in [5, 5.41) is 0.747. The smallest absolute Gasteiger partial charge is 0.0280 e. The second-order valence-corrected chi connectivity index (χ2v) is 7.43. The van der Waals surface area contributed by atoms with Crippen molar-refractivity contribution in [2.45, 2.75) is 42.8 Å². The zero-order valence-corrected chi connectivity index (χ0v) is 11.9. The van der Waals surface area contributed by atoms with Crippen molar-refractivity contribution in [1.29, 1.82) is 0 Å². The Balaban J connectivity index is 1.68. The van der Waals surface area contributed by atoms with Gasteiger partial charge in [-0.05, 0) is 48.6 Å². The molecule has 1 heterocycles. The van der Waals surface area contributed by atoms with E-state index in [4.69, 9.17) is 11.6 Å². The third-order valence-electron chi connectivity index (χ3n) is 4.28. The number of fused-ring (bicyclic) bond motifs is 1. The molecule has 17 heavy (non-hydrogen) atoms. The van der Waals surface area contributed by atoms with Crippen LogP contribution in [0.3, 0.4) is 0 Å². The molecule has 2 unspecified atom stereocenters.